The Morgan fingerprint density at radius 3 is 2.86 bits per heavy atom. The molecule has 0 spiro atoms. The van der Waals surface area contributed by atoms with Crippen LogP contribution in [0.2, 0.25) is 0 Å². The van der Waals surface area contributed by atoms with E-state index < -0.39 is 0 Å². The Morgan fingerprint density at radius 1 is 1.32 bits per heavy atom. The molecular formula is C14H20N4O4. The van der Waals surface area contributed by atoms with Crippen molar-refractivity contribution >= 4 is 11.2 Å². The Bertz CT molecular complexity index is 782. The van der Waals surface area contributed by atoms with E-state index in [1.165, 1.54) is 9.13 Å². The largest absolute Gasteiger partial charge is 0.353 e. The highest BCUT2D eigenvalue weighted by molar-refractivity contribution is 5.69. The molecule has 120 valence electrons. The van der Waals surface area contributed by atoms with Crippen LogP contribution >= 0.6 is 0 Å². The Kier molecular flexibility index (Phi) is 4.12. The summed E-state index contributed by atoms with van der Waals surface area (Å²) in [4.78, 5) is 28.9. The Balaban J connectivity index is 1.77. The van der Waals surface area contributed by atoms with Crippen LogP contribution in [0, 0.1) is 0 Å². The molecule has 0 saturated carbocycles. The summed E-state index contributed by atoms with van der Waals surface area (Å²) in [6.07, 6.45) is 4.20. The maximum Gasteiger partial charge on any atom is 0.332 e. The molecule has 8 nitrogen and oxygen atoms in total. The van der Waals surface area contributed by atoms with Gasteiger partial charge in [0, 0.05) is 20.6 Å². The van der Waals surface area contributed by atoms with Crippen molar-refractivity contribution in [1.29, 1.82) is 0 Å². The first kappa shape index (κ1) is 15.0. The fourth-order valence-corrected chi connectivity index (χ4v) is 2.77. The third-order valence-electron chi connectivity index (χ3n) is 4.05. The average Bonchev–Trinajstić information content (AvgIpc) is 3.14. The number of nitrogens with zero attached hydrogens (tertiary/aromatic N) is 4. The number of imidazole rings is 1. The first-order chi connectivity index (χ1) is 10.6. The van der Waals surface area contributed by atoms with Crippen LogP contribution in [0.3, 0.4) is 0 Å². The summed E-state index contributed by atoms with van der Waals surface area (Å²) < 4.78 is 14.9. The third-order valence-corrected chi connectivity index (χ3v) is 4.05. The molecule has 2 aromatic rings. The van der Waals surface area contributed by atoms with Gasteiger partial charge in [-0.2, -0.15) is 0 Å². The van der Waals surface area contributed by atoms with Gasteiger partial charge < -0.3 is 14.0 Å². The van der Waals surface area contributed by atoms with Crippen LogP contribution in [0.25, 0.3) is 11.2 Å². The van der Waals surface area contributed by atoms with Crippen molar-refractivity contribution < 1.29 is 9.47 Å². The quantitative estimate of drug-likeness (QED) is 0.725. The van der Waals surface area contributed by atoms with E-state index in [4.69, 9.17) is 9.47 Å². The summed E-state index contributed by atoms with van der Waals surface area (Å²) in [7, 11) is 3.39. The first-order valence-electron chi connectivity index (χ1n) is 7.40. The molecular weight excluding hydrogens is 288 g/mol. The lowest BCUT2D eigenvalue weighted by Crippen LogP contribution is -2.39. The number of ether oxygens (including phenoxy) is 2. The van der Waals surface area contributed by atoms with Gasteiger partial charge in [-0.15, -0.1) is 0 Å². The zero-order valence-electron chi connectivity index (χ0n) is 12.8. The molecule has 1 aliphatic heterocycles. The van der Waals surface area contributed by atoms with Gasteiger partial charge >= 0.3 is 5.69 Å². The van der Waals surface area contributed by atoms with Crippen molar-refractivity contribution in [3.63, 3.8) is 0 Å². The van der Waals surface area contributed by atoms with E-state index in [2.05, 4.69) is 4.98 Å². The van der Waals surface area contributed by atoms with Crippen molar-refractivity contribution in [3.05, 3.63) is 27.2 Å². The van der Waals surface area contributed by atoms with E-state index in [0.717, 1.165) is 19.3 Å². The van der Waals surface area contributed by atoms with E-state index in [1.807, 2.05) is 0 Å². The molecule has 1 atom stereocenters. The summed E-state index contributed by atoms with van der Waals surface area (Å²) in [6, 6.07) is 0. The molecule has 1 saturated heterocycles. The minimum Gasteiger partial charge on any atom is -0.353 e. The maximum atomic E-state index is 12.5. The summed E-state index contributed by atoms with van der Waals surface area (Å²) >= 11 is 0. The lowest BCUT2D eigenvalue weighted by Gasteiger charge is -2.10. The number of fused-ring (bicyclic) bond motifs is 1. The van der Waals surface area contributed by atoms with Crippen molar-refractivity contribution in [2.24, 2.45) is 14.1 Å². The lowest BCUT2D eigenvalue weighted by molar-refractivity contribution is 0.0439. The Morgan fingerprint density at radius 2 is 2.14 bits per heavy atom. The van der Waals surface area contributed by atoms with E-state index >= 15 is 0 Å². The predicted molar refractivity (Wildman–Crippen MR) is 79.8 cm³/mol. The van der Waals surface area contributed by atoms with Gasteiger partial charge in [0.25, 0.3) is 5.56 Å². The van der Waals surface area contributed by atoms with E-state index in [0.29, 0.717) is 31.1 Å². The van der Waals surface area contributed by atoms with Crippen LogP contribution in [0.15, 0.2) is 15.9 Å². The van der Waals surface area contributed by atoms with Crippen molar-refractivity contribution in [3.8, 4) is 0 Å². The smallest absolute Gasteiger partial charge is 0.332 e. The lowest BCUT2D eigenvalue weighted by atomic mass is 10.1. The molecule has 1 fully saturated rings. The van der Waals surface area contributed by atoms with Crippen LogP contribution in [-0.2, 0) is 30.1 Å². The van der Waals surface area contributed by atoms with Crippen molar-refractivity contribution in [2.75, 3.05) is 13.4 Å². The molecule has 0 aromatic carbocycles. The van der Waals surface area contributed by atoms with Gasteiger partial charge in [0.1, 0.15) is 6.79 Å². The summed E-state index contributed by atoms with van der Waals surface area (Å²) in [5.74, 6) is 0. The van der Waals surface area contributed by atoms with Crippen LogP contribution in [0.4, 0.5) is 0 Å². The number of aromatic nitrogens is 4. The fourth-order valence-electron chi connectivity index (χ4n) is 2.77. The first-order valence-corrected chi connectivity index (χ1v) is 7.40. The zero-order valence-corrected chi connectivity index (χ0v) is 12.8. The molecule has 3 rings (SSSR count). The highest BCUT2D eigenvalue weighted by atomic mass is 16.7. The van der Waals surface area contributed by atoms with Crippen LogP contribution in [-0.4, -0.2) is 38.2 Å². The second kappa shape index (κ2) is 6.05. The van der Waals surface area contributed by atoms with Crippen molar-refractivity contribution in [2.45, 2.75) is 31.9 Å². The standard InChI is InChI=1S/C14H20N4O4/c1-16-8-15-12-11(16)13(19)18(14(20)17(12)2)6-4-3-5-10-7-21-9-22-10/h8,10H,3-7,9H2,1-2H3. The van der Waals surface area contributed by atoms with Crippen LogP contribution in [0.5, 0.6) is 0 Å². The molecule has 0 aliphatic carbocycles. The predicted octanol–water partition coefficient (Wildman–Crippen LogP) is -0.0231. The summed E-state index contributed by atoms with van der Waals surface area (Å²) in [5, 5.41) is 0. The van der Waals surface area contributed by atoms with Gasteiger partial charge in [-0.25, -0.2) is 9.78 Å². The molecule has 1 unspecified atom stereocenters. The average molecular weight is 308 g/mol. The number of rotatable bonds is 5. The maximum absolute atomic E-state index is 12.5. The second-order valence-electron chi connectivity index (χ2n) is 5.60. The van der Waals surface area contributed by atoms with Gasteiger partial charge in [-0.1, -0.05) is 0 Å². The minimum absolute atomic E-state index is 0.138. The molecule has 1 aliphatic rings. The summed E-state index contributed by atoms with van der Waals surface area (Å²) in [5.41, 5.74) is 0.273. The minimum atomic E-state index is -0.323. The highest BCUT2D eigenvalue weighted by Gasteiger charge is 2.17. The monoisotopic (exact) mass is 308 g/mol. The number of hydrogen-bond donors (Lipinski definition) is 0. The van der Waals surface area contributed by atoms with Gasteiger partial charge in [-0.3, -0.25) is 13.9 Å². The third kappa shape index (κ3) is 2.59. The molecule has 0 amide bonds. The van der Waals surface area contributed by atoms with Crippen molar-refractivity contribution in [1.82, 2.24) is 18.7 Å². The molecule has 22 heavy (non-hydrogen) atoms. The molecule has 2 aromatic heterocycles. The van der Waals surface area contributed by atoms with Gasteiger partial charge in [-0.05, 0) is 19.3 Å². The molecule has 0 N–H and O–H groups in total. The van der Waals surface area contributed by atoms with Crippen LogP contribution in [0.1, 0.15) is 19.3 Å². The molecule has 0 radical (unpaired) electrons. The zero-order chi connectivity index (χ0) is 15.7. The highest BCUT2D eigenvalue weighted by Crippen LogP contribution is 2.11. The van der Waals surface area contributed by atoms with E-state index in [1.54, 1.807) is 25.0 Å². The summed E-state index contributed by atoms with van der Waals surface area (Å²) in [6.45, 7) is 1.39. The number of hydrogen-bond acceptors (Lipinski definition) is 5. The Labute approximate surface area is 126 Å². The van der Waals surface area contributed by atoms with Crippen LogP contribution < -0.4 is 11.2 Å². The van der Waals surface area contributed by atoms with E-state index in [-0.39, 0.29) is 17.4 Å². The molecule has 0 bridgehead atoms. The van der Waals surface area contributed by atoms with Gasteiger partial charge in [0.15, 0.2) is 11.2 Å². The number of unbranched alkanes of at least 4 members (excludes halogenated alkanes) is 1. The Hall–Kier alpha value is -1.93. The molecule has 8 heteroatoms. The molecule has 3 heterocycles. The second-order valence-corrected chi connectivity index (χ2v) is 5.60. The topological polar surface area (TPSA) is 80.3 Å². The normalized spacial score (nSPS) is 18.4. The SMILES string of the molecule is Cn1cnc2c1c(=O)n(CCCCC1COCO1)c(=O)n2C. The fraction of sp³-hybridized carbons (Fsp3) is 0.643. The van der Waals surface area contributed by atoms with Gasteiger partial charge in [0.2, 0.25) is 0 Å². The van der Waals surface area contributed by atoms with E-state index in [9.17, 15) is 9.59 Å². The van der Waals surface area contributed by atoms with Gasteiger partial charge in [0.05, 0.1) is 19.0 Å². The number of aryl methyl sites for hydroxylation is 2.